The van der Waals surface area contributed by atoms with E-state index >= 15 is 0 Å². The monoisotopic (exact) mass is 234 g/mol. The van der Waals surface area contributed by atoms with Crippen LogP contribution < -0.4 is 11.3 Å². The number of aromatic nitrogens is 1. The Morgan fingerprint density at radius 1 is 1.47 bits per heavy atom. The zero-order valence-electron chi connectivity index (χ0n) is 9.90. The maximum absolute atomic E-state index is 13.6. The van der Waals surface area contributed by atoms with E-state index in [0.29, 0.717) is 17.5 Å². The van der Waals surface area contributed by atoms with Crippen molar-refractivity contribution >= 4 is 10.9 Å². The molecule has 2 N–H and O–H groups in total. The van der Waals surface area contributed by atoms with E-state index in [1.54, 1.807) is 25.2 Å². The second-order valence-electron chi connectivity index (χ2n) is 4.39. The maximum Gasteiger partial charge on any atom is 0.254 e. The second-order valence-corrected chi connectivity index (χ2v) is 4.39. The summed E-state index contributed by atoms with van der Waals surface area (Å²) >= 11 is 0. The Kier molecular flexibility index (Phi) is 2.98. The Hall–Kier alpha value is -1.68. The fourth-order valence-electron chi connectivity index (χ4n) is 2.06. The SMILES string of the molecule is CC(N)Cc1cc2cccc(F)c2n(C)c1=O. The first-order valence-electron chi connectivity index (χ1n) is 5.53. The van der Waals surface area contributed by atoms with E-state index in [0.717, 1.165) is 5.39 Å². The molecule has 0 radical (unpaired) electrons. The molecule has 2 rings (SSSR count). The van der Waals surface area contributed by atoms with Crippen molar-refractivity contribution < 1.29 is 4.39 Å². The van der Waals surface area contributed by atoms with Gasteiger partial charge in [-0.25, -0.2) is 4.39 Å². The number of para-hydroxylation sites is 1. The number of pyridine rings is 1. The average Bonchev–Trinajstić information content (AvgIpc) is 2.24. The van der Waals surface area contributed by atoms with Gasteiger partial charge in [-0.1, -0.05) is 12.1 Å². The zero-order chi connectivity index (χ0) is 12.6. The van der Waals surface area contributed by atoms with Gasteiger partial charge in [0.2, 0.25) is 0 Å². The van der Waals surface area contributed by atoms with Crippen molar-refractivity contribution in [2.45, 2.75) is 19.4 Å². The Balaban J connectivity index is 2.76. The summed E-state index contributed by atoms with van der Waals surface area (Å²) in [6.07, 6.45) is 0.499. The lowest BCUT2D eigenvalue weighted by Gasteiger charge is -2.10. The lowest BCUT2D eigenvalue weighted by Crippen LogP contribution is -2.27. The van der Waals surface area contributed by atoms with Gasteiger partial charge in [-0.3, -0.25) is 4.79 Å². The number of benzene rings is 1. The number of hydrogen-bond donors (Lipinski definition) is 1. The van der Waals surface area contributed by atoms with Crippen molar-refractivity contribution in [3.8, 4) is 0 Å². The summed E-state index contributed by atoms with van der Waals surface area (Å²) in [6.45, 7) is 1.84. The highest BCUT2D eigenvalue weighted by atomic mass is 19.1. The normalized spacial score (nSPS) is 12.9. The summed E-state index contributed by atoms with van der Waals surface area (Å²) in [4.78, 5) is 12.0. The second kappa shape index (κ2) is 4.30. The van der Waals surface area contributed by atoms with Gasteiger partial charge in [-0.15, -0.1) is 0 Å². The van der Waals surface area contributed by atoms with Crippen LogP contribution in [0.25, 0.3) is 10.9 Å². The molecule has 0 aliphatic rings. The molecule has 1 aromatic heterocycles. The van der Waals surface area contributed by atoms with Gasteiger partial charge in [-0.05, 0) is 25.5 Å². The molecule has 17 heavy (non-hydrogen) atoms. The van der Waals surface area contributed by atoms with Crippen molar-refractivity contribution in [3.05, 3.63) is 46.0 Å². The smallest absolute Gasteiger partial charge is 0.254 e. The van der Waals surface area contributed by atoms with Gasteiger partial charge < -0.3 is 10.3 Å². The fourth-order valence-corrected chi connectivity index (χ4v) is 2.06. The Morgan fingerprint density at radius 2 is 2.18 bits per heavy atom. The van der Waals surface area contributed by atoms with Gasteiger partial charge in [-0.2, -0.15) is 0 Å². The molecule has 0 spiro atoms. The van der Waals surface area contributed by atoms with Crippen molar-refractivity contribution in [3.63, 3.8) is 0 Å². The van der Waals surface area contributed by atoms with Crippen molar-refractivity contribution in [2.24, 2.45) is 12.8 Å². The minimum absolute atomic E-state index is 0.0892. The standard InChI is InChI=1S/C13H15FN2O/c1-8(15)6-10-7-9-4-3-5-11(14)12(9)16(2)13(10)17/h3-5,7-8H,6,15H2,1-2H3. The van der Waals surface area contributed by atoms with Gasteiger partial charge in [0.15, 0.2) is 0 Å². The molecule has 0 amide bonds. The lowest BCUT2D eigenvalue weighted by atomic mass is 10.1. The molecule has 90 valence electrons. The molecule has 0 bridgehead atoms. The van der Waals surface area contributed by atoms with E-state index in [2.05, 4.69) is 0 Å². The molecule has 0 aliphatic heterocycles. The van der Waals surface area contributed by atoms with Crippen LogP contribution in [-0.2, 0) is 13.5 Å². The number of nitrogens with two attached hydrogens (primary N) is 1. The summed E-state index contributed by atoms with van der Waals surface area (Å²) in [5, 5.41) is 0.725. The summed E-state index contributed by atoms with van der Waals surface area (Å²) in [5.74, 6) is -0.380. The Labute approximate surface area is 98.7 Å². The molecule has 4 heteroatoms. The third kappa shape index (κ3) is 2.08. The van der Waals surface area contributed by atoms with Crippen LogP contribution in [0.3, 0.4) is 0 Å². The summed E-state index contributed by atoms with van der Waals surface area (Å²) < 4.78 is 15.0. The number of aryl methyl sites for hydroxylation is 1. The highest BCUT2D eigenvalue weighted by molar-refractivity contribution is 5.80. The van der Waals surface area contributed by atoms with E-state index < -0.39 is 0 Å². The van der Waals surface area contributed by atoms with Crippen LogP contribution in [0.2, 0.25) is 0 Å². The van der Waals surface area contributed by atoms with Gasteiger partial charge in [0, 0.05) is 24.0 Å². The van der Waals surface area contributed by atoms with Gasteiger partial charge >= 0.3 is 0 Å². The van der Waals surface area contributed by atoms with Crippen LogP contribution in [0, 0.1) is 5.82 Å². The first-order chi connectivity index (χ1) is 8.00. The molecular formula is C13H15FN2O. The predicted octanol–water partition coefficient (Wildman–Crippen LogP) is 1.57. The summed E-state index contributed by atoms with van der Waals surface area (Å²) in [7, 11) is 1.58. The molecule has 2 aromatic rings. The summed E-state index contributed by atoms with van der Waals surface area (Å²) in [5.41, 5.74) is 6.48. The van der Waals surface area contributed by atoms with Crippen molar-refractivity contribution in [1.29, 1.82) is 0 Å². The topological polar surface area (TPSA) is 48.0 Å². The van der Waals surface area contributed by atoms with E-state index in [4.69, 9.17) is 5.73 Å². The quantitative estimate of drug-likeness (QED) is 0.857. The molecule has 1 aromatic carbocycles. The molecule has 1 heterocycles. The van der Waals surface area contributed by atoms with Crippen LogP contribution in [-0.4, -0.2) is 10.6 Å². The molecule has 1 unspecified atom stereocenters. The summed E-state index contributed by atoms with van der Waals surface area (Å²) in [6, 6.07) is 6.42. The number of halogens is 1. The average molecular weight is 234 g/mol. The molecule has 1 atom stereocenters. The maximum atomic E-state index is 13.6. The number of fused-ring (bicyclic) bond motifs is 1. The highest BCUT2D eigenvalue weighted by Gasteiger charge is 2.10. The predicted molar refractivity (Wildman–Crippen MR) is 66.5 cm³/mol. The first kappa shape index (κ1) is 11.8. The molecule has 3 nitrogen and oxygen atoms in total. The van der Waals surface area contributed by atoms with Crippen LogP contribution in [0.4, 0.5) is 4.39 Å². The molecule has 0 saturated carbocycles. The fraction of sp³-hybridized carbons (Fsp3) is 0.308. The molecule has 0 fully saturated rings. The van der Waals surface area contributed by atoms with Crippen molar-refractivity contribution in [2.75, 3.05) is 0 Å². The number of rotatable bonds is 2. The van der Waals surface area contributed by atoms with Gasteiger partial charge in [0.25, 0.3) is 5.56 Å². The molecule has 0 saturated heterocycles. The van der Waals surface area contributed by atoms with Crippen LogP contribution in [0.5, 0.6) is 0 Å². The zero-order valence-corrected chi connectivity index (χ0v) is 9.90. The number of nitrogens with zero attached hydrogens (tertiary/aromatic N) is 1. The van der Waals surface area contributed by atoms with E-state index in [1.807, 2.05) is 6.92 Å². The van der Waals surface area contributed by atoms with Crippen LogP contribution in [0.15, 0.2) is 29.1 Å². The number of hydrogen-bond acceptors (Lipinski definition) is 2. The Bertz CT molecular complexity index is 617. The Morgan fingerprint density at radius 3 is 2.82 bits per heavy atom. The van der Waals surface area contributed by atoms with Crippen LogP contribution in [0.1, 0.15) is 12.5 Å². The van der Waals surface area contributed by atoms with Crippen LogP contribution >= 0.6 is 0 Å². The van der Waals surface area contributed by atoms with Gasteiger partial charge in [0.1, 0.15) is 5.82 Å². The highest BCUT2D eigenvalue weighted by Crippen LogP contribution is 2.16. The minimum atomic E-state index is -0.380. The third-order valence-electron chi connectivity index (χ3n) is 2.80. The minimum Gasteiger partial charge on any atom is -0.328 e. The first-order valence-corrected chi connectivity index (χ1v) is 5.53. The molecule has 0 aliphatic carbocycles. The van der Waals surface area contributed by atoms with E-state index in [-0.39, 0.29) is 17.4 Å². The van der Waals surface area contributed by atoms with E-state index in [1.165, 1.54) is 10.6 Å². The van der Waals surface area contributed by atoms with Crippen molar-refractivity contribution in [1.82, 2.24) is 4.57 Å². The van der Waals surface area contributed by atoms with Gasteiger partial charge in [0.05, 0.1) is 5.52 Å². The largest absolute Gasteiger partial charge is 0.328 e. The lowest BCUT2D eigenvalue weighted by molar-refractivity contribution is 0.628. The third-order valence-corrected chi connectivity index (χ3v) is 2.80. The van der Waals surface area contributed by atoms with E-state index in [9.17, 15) is 9.18 Å². The molecular weight excluding hydrogens is 219 g/mol.